The number of morpholine rings is 1. The molecule has 0 unspecified atom stereocenters. The molecule has 4 aliphatic heterocycles. The van der Waals surface area contributed by atoms with Crippen molar-refractivity contribution in [1.82, 2.24) is 20.0 Å². The second-order valence-electron chi connectivity index (χ2n) is 16.6. The standard InChI is InChI=1S/C40H51F2N4O14PS/c1-22(2)59-38(51)55-20-57-61(53,58-21-56-39(52)60-23(3)4)40(41,42)28-5-8-32-26(14-28)17-33(62-32)34(47)43-30-16-25-13-24(25)15-29-6-7-31(46(29)36(30)49)37(50)45-18-27(19-45)35(48)44-9-11-54-12-10-44/h5,8,14,17,22-25,27,29-31H,6-7,9-13,15-16,18-21H2,1-4H3,(H,43,47)/t24-,25+,29-,30+,31+/m1/s1. The fraction of sp³-hybridized carbons (Fsp3) is 0.650. The Morgan fingerprint density at radius 2 is 1.50 bits per heavy atom. The third-order valence-electron chi connectivity index (χ3n) is 11.6. The van der Waals surface area contributed by atoms with Crippen LogP contribution in [0.4, 0.5) is 18.4 Å². The van der Waals surface area contributed by atoms with Crippen LogP contribution >= 0.6 is 18.9 Å². The van der Waals surface area contributed by atoms with Crippen molar-refractivity contribution in [2.75, 3.05) is 53.0 Å². The number of halogens is 2. The summed E-state index contributed by atoms with van der Waals surface area (Å²) >= 11 is 0.983. The monoisotopic (exact) mass is 912 g/mol. The molecule has 0 bridgehead atoms. The minimum absolute atomic E-state index is 0.000986. The fourth-order valence-corrected chi connectivity index (χ4v) is 10.6. The summed E-state index contributed by atoms with van der Waals surface area (Å²) in [6, 6.07) is 2.77. The van der Waals surface area contributed by atoms with E-state index in [1.165, 1.54) is 39.8 Å². The quantitative estimate of drug-likeness (QED) is 0.143. The van der Waals surface area contributed by atoms with E-state index in [0.717, 1.165) is 36.3 Å². The van der Waals surface area contributed by atoms with Gasteiger partial charge in [-0.25, -0.2) is 9.59 Å². The lowest BCUT2D eigenvalue weighted by Crippen LogP contribution is -2.62. The molecule has 5 aliphatic rings. The summed E-state index contributed by atoms with van der Waals surface area (Å²) < 4.78 is 80.4. The van der Waals surface area contributed by atoms with Crippen molar-refractivity contribution in [1.29, 1.82) is 0 Å². The van der Waals surface area contributed by atoms with Crippen molar-refractivity contribution < 1.29 is 74.8 Å². The summed E-state index contributed by atoms with van der Waals surface area (Å²) in [4.78, 5) is 83.9. The average molecular weight is 913 g/mol. The molecular weight excluding hydrogens is 861 g/mol. The number of hydrogen-bond donors (Lipinski definition) is 1. The highest BCUT2D eigenvalue weighted by atomic mass is 32.1. The van der Waals surface area contributed by atoms with Gasteiger partial charge in [0.05, 0.1) is 36.2 Å². The number of amides is 4. The number of benzene rings is 1. The Morgan fingerprint density at radius 1 is 0.871 bits per heavy atom. The Bertz CT molecular complexity index is 2060. The molecule has 4 amide bonds. The second-order valence-corrected chi connectivity index (χ2v) is 19.8. The van der Waals surface area contributed by atoms with Gasteiger partial charge in [-0.05, 0) is 95.2 Å². The number of nitrogens with one attached hydrogen (secondary N) is 1. The topological polar surface area (TPSA) is 206 Å². The van der Waals surface area contributed by atoms with Crippen molar-refractivity contribution in [3.05, 3.63) is 34.7 Å². The smallest absolute Gasteiger partial charge is 0.432 e. The lowest BCUT2D eigenvalue weighted by atomic mass is 9.96. The van der Waals surface area contributed by atoms with E-state index < -0.39 is 74.9 Å². The molecule has 22 heteroatoms. The maximum atomic E-state index is 16.2. The number of ether oxygens (including phenoxy) is 5. The van der Waals surface area contributed by atoms with E-state index in [1.807, 2.05) is 0 Å². The van der Waals surface area contributed by atoms with E-state index in [2.05, 4.69) is 14.8 Å². The summed E-state index contributed by atoms with van der Waals surface area (Å²) in [5.74, 6) is -0.881. The average Bonchev–Trinajstić information content (AvgIpc) is 3.55. The van der Waals surface area contributed by atoms with Crippen molar-refractivity contribution >= 4 is 65.0 Å². The van der Waals surface area contributed by atoms with Gasteiger partial charge in [-0.1, -0.05) is 6.07 Å². The highest BCUT2D eigenvalue weighted by Gasteiger charge is 2.56. The SMILES string of the molecule is CC(C)OC(=O)OCOP(=O)(OCOC(=O)OC(C)C)C(F)(F)c1ccc2sc(C(=O)N[C@H]3C[C@@H]4C[C@@H]4C[C@H]4CC[C@@H](C(=O)N5CC(C(=O)N6CCOCC6)C5)N4C3=O)cc2c1. The van der Waals surface area contributed by atoms with E-state index in [4.69, 9.17) is 23.3 Å². The second kappa shape index (κ2) is 18.7. The Kier molecular flexibility index (Phi) is 13.8. The molecule has 4 saturated heterocycles. The van der Waals surface area contributed by atoms with Crippen LogP contribution < -0.4 is 5.32 Å². The molecule has 340 valence electrons. The van der Waals surface area contributed by atoms with Crippen LogP contribution in [0.5, 0.6) is 0 Å². The third kappa shape index (κ3) is 10.0. The van der Waals surface area contributed by atoms with Crippen molar-refractivity contribution in [2.45, 2.75) is 95.8 Å². The first-order valence-electron chi connectivity index (χ1n) is 20.7. The molecule has 1 N–H and O–H groups in total. The maximum absolute atomic E-state index is 16.2. The van der Waals surface area contributed by atoms with Crippen LogP contribution in [0.3, 0.4) is 0 Å². The van der Waals surface area contributed by atoms with E-state index in [9.17, 15) is 33.3 Å². The van der Waals surface area contributed by atoms with Gasteiger partial charge in [0, 0.05) is 42.5 Å². The molecule has 7 rings (SSSR count). The number of carbonyl (C=O) groups excluding carboxylic acids is 6. The maximum Gasteiger partial charge on any atom is 0.510 e. The third-order valence-corrected chi connectivity index (χ3v) is 14.5. The molecule has 5 atom stereocenters. The molecule has 2 aromatic rings. The predicted molar refractivity (Wildman–Crippen MR) is 214 cm³/mol. The first kappa shape index (κ1) is 45.6. The Hall–Kier alpha value is -4.43. The fourth-order valence-electron chi connectivity index (χ4n) is 8.37. The van der Waals surface area contributed by atoms with Crippen molar-refractivity contribution in [3.8, 4) is 0 Å². The summed E-state index contributed by atoms with van der Waals surface area (Å²) in [7, 11) is -5.66. The number of hydrogen-bond acceptors (Lipinski definition) is 15. The summed E-state index contributed by atoms with van der Waals surface area (Å²) in [6.07, 6.45) is -0.627. The van der Waals surface area contributed by atoms with Gasteiger partial charge in [0.1, 0.15) is 12.1 Å². The first-order valence-corrected chi connectivity index (χ1v) is 23.1. The molecule has 62 heavy (non-hydrogen) atoms. The normalized spacial score (nSPS) is 24.2. The van der Waals surface area contributed by atoms with Crippen molar-refractivity contribution in [2.24, 2.45) is 17.8 Å². The minimum atomic E-state index is -5.66. The molecule has 1 aliphatic carbocycles. The van der Waals surface area contributed by atoms with Gasteiger partial charge in [0.2, 0.25) is 31.3 Å². The molecule has 0 spiro atoms. The van der Waals surface area contributed by atoms with Gasteiger partial charge in [0.25, 0.3) is 5.91 Å². The van der Waals surface area contributed by atoms with Gasteiger partial charge in [-0.15, -0.1) is 11.3 Å². The molecule has 1 saturated carbocycles. The molecule has 18 nitrogen and oxygen atoms in total. The molecule has 5 fully saturated rings. The van der Waals surface area contributed by atoms with Crippen LogP contribution in [0.1, 0.15) is 75.0 Å². The van der Waals surface area contributed by atoms with Crippen LogP contribution in [-0.2, 0) is 57.3 Å². The van der Waals surface area contributed by atoms with Crippen LogP contribution in [0.2, 0.25) is 0 Å². The van der Waals surface area contributed by atoms with Gasteiger partial charge < -0.3 is 43.7 Å². The molecule has 0 radical (unpaired) electrons. The van der Waals surface area contributed by atoms with E-state index in [0.29, 0.717) is 56.2 Å². The van der Waals surface area contributed by atoms with Crippen LogP contribution in [0.25, 0.3) is 10.1 Å². The zero-order chi connectivity index (χ0) is 44.5. The van der Waals surface area contributed by atoms with Gasteiger partial charge in [-0.3, -0.25) is 32.8 Å². The van der Waals surface area contributed by atoms with E-state index >= 15 is 8.78 Å². The van der Waals surface area contributed by atoms with E-state index in [1.54, 1.807) is 14.7 Å². The Morgan fingerprint density at radius 3 is 2.13 bits per heavy atom. The lowest BCUT2D eigenvalue weighted by molar-refractivity contribution is -0.156. The number of carbonyl (C=O) groups is 6. The van der Waals surface area contributed by atoms with E-state index in [-0.39, 0.29) is 59.0 Å². The predicted octanol–water partition coefficient (Wildman–Crippen LogP) is 5.42. The zero-order valence-corrected chi connectivity index (χ0v) is 36.5. The van der Waals surface area contributed by atoms with Gasteiger partial charge in [0.15, 0.2) is 0 Å². The minimum Gasteiger partial charge on any atom is -0.432 e. The summed E-state index contributed by atoms with van der Waals surface area (Å²) in [5.41, 5.74) is -5.29. The summed E-state index contributed by atoms with van der Waals surface area (Å²) in [6.45, 7) is 6.07. The number of likely N-dealkylation sites (tertiary alicyclic amines) is 1. The number of nitrogens with zero attached hydrogens (tertiary/aromatic N) is 3. The van der Waals surface area contributed by atoms with Crippen LogP contribution in [0.15, 0.2) is 24.3 Å². The number of alkyl halides is 2. The largest absolute Gasteiger partial charge is 0.510 e. The lowest BCUT2D eigenvalue weighted by Gasteiger charge is -2.44. The molecule has 5 heterocycles. The molecular formula is C40H51F2N4O14PS. The van der Waals surface area contributed by atoms with Gasteiger partial charge in [-0.2, -0.15) is 8.78 Å². The number of thiophene rings is 1. The zero-order valence-electron chi connectivity index (χ0n) is 34.8. The summed E-state index contributed by atoms with van der Waals surface area (Å²) in [5, 5.41) is 3.04. The highest BCUT2D eigenvalue weighted by molar-refractivity contribution is 7.54. The van der Waals surface area contributed by atoms with Crippen LogP contribution in [0, 0.1) is 17.8 Å². The number of rotatable bonds is 14. The molecule has 1 aromatic heterocycles. The Balaban J connectivity index is 1.03. The van der Waals surface area contributed by atoms with Gasteiger partial charge >= 0.3 is 25.6 Å². The molecule has 1 aromatic carbocycles. The van der Waals surface area contributed by atoms with Crippen LogP contribution in [-0.4, -0.2) is 134 Å². The number of fused-ring (bicyclic) bond motifs is 3. The first-order chi connectivity index (χ1) is 29.4. The Labute approximate surface area is 360 Å². The highest BCUT2D eigenvalue weighted by Crippen LogP contribution is 2.67. The van der Waals surface area contributed by atoms with Crippen molar-refractivity contribution in [3.63, 3.8) is 0 Å².